The number of benzene rings is 1. The van der Waals surface area contributed by atoms with Crippen molar-refractivity contribution in [3.05, 3.63) is 33.8 Å². The van der Waals surface area contributed by atoms with E-state index in [-0.39, 0.29) is 40.9 Å². The van der Waals surface area contributed by atoms with Gasteiger partial charge in [-0.05, 0) is 56.7 Å². The van der Waals surface area contributed by atoms with Crippen LogP contribution in [0.15, 0.2) is 18.2 Å². The second kappa shape index (κ2) is 10.5. The van der Waals surface area contributed by atoms with Crippen LogP contribution in [0.3, 0.4) is 0 Å². The molecule has 0 bridgehead atoms. The lowest BCUT2D eigenvalue weighted by Gasteiger charge is -2.42. The van der Waals surface area contributed by atoms with Crippen molar-refractivity contribution in [2.24, 2.45) is 23.2 Å². The van der Waals surface area contributed by atoms with Crippen LogP contribution in [0.1, 0.15) is 57.4 Å². The molecule has 1 unspecified atom stereocenters. The van der Waals surface area contributed by atoms with Gasteiger partial charge in [-0.15, -0.1) is 0 Å². The molecule has 3 amide bonds. The van der Waals surface area contributed by atoms with Crippen molar-refractivity contribution in [3.63, 3.8) is 0 Å². The number of hydrogen-bond donors (Lipinski definition) is 2. The number of hydrogen-bond acceptors (Lipinski definition) is 4. The molecule has 1 saturated carbocycles. The predicted molar refractivity (Wildman–Crippen MR) is 144 cm³/mol. The molecule has 0 radical (unpaired) electrons. The molecule has 208 valence electrons. The summed E-state index contributed by atoms with van der Waals surface area (Å²) in [5, 5.41) is 13.5. The van der Waals surface area contributed by atoms with Gasteiger partial charge in [0.2, 0.25) is 11.8 Å². The summed E-state index contributed by atoms with van der Waals surface area (Å²) in [6, 6.07) is 5.52. The number of rotatable bonds is 6. The van der Waals surface area contributed by atoms with Gasteiger partial charge >= 0.3 is 6.09 Å². The summed E-state index contributed by atoms with van der Waals surface area (Å²) >= 11 is 12.6. The molecule has 5 rings (SSSR count). The Balaban J connectivity index is 1.37. The summed E-state index contributed by atoms with van der Waals surface area (Å²) in [6.45, 7) is 7.17. The van der Waals surface area contributed by atoms with Gasteiger partial charge in [-0.1, -0.05) is 36.2 Å². The summed E-state index contributed by atoms with van der Waals surface area (Å²) in [5.74, 6) is -0.151. The van der Waals surface area contributed by atoms with E-state index in [1.54, 1.807) is 6.07 Å². The van der Waals surface area contributed by atoms with Crippen LogP contribution in [-0.4, -0.2) is 77.7 Å². The highest BCUT2D eigenvalue weighted by Crippen LogP contribution is 2.48. The maximum Gasteiger partial charge on any atom is 0.405 e. The average molecular weight is 567 g/mol. The number of likely N-dealkylation sites (tertiary alicyclic amines) is 2. The van der Waals surface area contributed by atoms with E-state index in [1.807, 2.05) is 35.8 Å². The Kier molecular flexibility index (Phi) is 7.61. The highest BCUT2D eigenvalue weighted by Gasteiger charge is 2.53. The van der Waals surface area contributed by atoms with Crippen LogP contribution < -0.4 is 5.32 Å². The van der Waals surface area contributed by atoms with Crippen molar-refractivity contribution < 1.29 is 24.2 Å². The second-order valence-electron chi connectivity index (χ2n) is 12.0. The Labute approximate surface area is 234 Å². The van der Waals surface area contributed by atoms with E-state index in [2.05, 4.69) is 5.32 Å². The highest BCUT2D eigenvalue weighted by atomic mass is 35.5. The third kappa shape index (κ3) is 5.24. The Morgan fingerprint density at radius 3 is 2.37 bits per heavy atom. The lowest BCUT2D eigenvalue weighted by atomic mass is 9.69. The van der Waals surface area contributed by atoms with Crippen LogP contribution >= 0.6 is 23.2 Å². The van der Waals surface area contributed by atoms with Gasteiger partial charge in [0, 0.05) is 61.9 Å². The molecule has 4 aliphatic rings. The van der Waals surface area contributed by atoms with Gasteiger partial charge in [0.15, 0.2) is 0 Å². The lowest BCUT2D eigenvalue weighted by molar-refractivity contribution is -0.142. The topological polar surface area (TPSA) is 99.2 Å². The highest BCUT2D eigenvalue weighted by molar-refractivity contribution is 6.42. The van der Waals surface area contributed by atoms with Crippen molar-refractivity contribution in [2.75, 3.05) is 39.4 Å². The molecule has 1 aliphatic carbocycles. The second-order valence-corrected chi connectivity index (χ2v) is 12.8. The molecular formula is C28H37Cl2N3O5. The molecule has 0 aromatic heterocycles. The molecule has 3 heterocycles. The first-order valence-corrected chi connectivity index (χ1v) is 14.4. The number of piperidine rings is 1. The first kappa shape index (κ1) is 27.5. The fourth-order valence-corrected chi connectivity index (χ4v) is 7.08. The number of carbonyl (C=O) groups excluding carboxylic acids is 2. The van der Waals surface area contributed by atoms with Crippen molar-refractivity contribution in [1.29, 1.82) is 0 Å². The molecule has 4 atom stereocenters. The molecule has 0 spiro atoms. The first-order chi connectivity index (χ1) is 18.0. The monoisotopic (exact) mass is 565 g/mol. The number of carbonyl (C=O) groups is 3. The van der Waals surface area contributed by atoms with Crippen LogP contribution in [0.5, 0.6) is 0 Å². The summed E-state index contributed by atoms with van der Waals surface area (Å²) in [5.41, 5.74) is -0.0588. The minimum Gasteiger partial charge on any atom is -0.465 e. The van der Waals surface area contributed by atoms with E-state index in [0.29, 0.717) is 62.3 Å². The number of amides is 3. The van der Waals surface area contributed by atoms with Crippen molar-refractivity contribution in [1.82, 2.24) is 15.1 Å². The smallest absolute Gasteiger partial charge is 0.405 e. The van der Waals surface area contributed by atoms with Crippen molar-refractivity contribution >= 4 is 41.1 Å². The molecule has 4 fully saturated rings. The zero-order chi connectivity index (χ0) is 27.2. The molecule has 38 heavy (non-hydrogen) atoms. The van der Waals surface area contributed by atoms with Gasteiger partial charge in [-0.3, -0.25) is 9.59 Å². The molecule has 1 aromatic carbocycles. The summed E-state index contributed by atoms with van der Waals surface area (Å²) in [6.07, 6.45) is 2.87. The Morgan fingerprint density at radius 2 is 1.79 bits per heavy atom. The molecule has 1 aromatic rings. The third-order valence-electron chi connectivity index (χ3n) is 9.58. The van der Waals surface area contributed by atoms with Gasteiger partial charge in [0.05, 0.1) is 22.2 Å². The van der Waals surface area contributed by atoms with Crippen LogP contribution in [-0.2, 0) is 14.3 Å². The maximum atomic E-state index is 13.8. The van der Waals surface area contributed by atoms with E-state index >= 15 is 0 Å². The number of ether oxygens (including phenoxy) is 1. The fraction of sp³-hybridized carbons (Fsp3) is 0.679. The van der Waals surface area contributed by atoms with Crippen molar-refractivity contribution in [3.8, 4) is 0 Å². The van der Waals surface area contributed by atoms with E-state index in [4.69, 9.17) is 27.9 Å². The molecule has 10 heteroatoms. The zero-order valence-corrected chi connectivity index (χ0v) is 23.6. The summed E-state index contributed by atoms with van der Waals surface area (Å²) in [4.78, 5) is 42.4. The molecule has 3 saturated heterocycles. The molecule has 2 N–H and O–H groups in total. The van der Waals surface area contributed by atoms with Gasteiger partial charge in [-0.2, -0.15) is 0 Å². The van der Waals surface area contributed by atoms with E-state index in [9.17, 15) is 19.5 Å². The number of carboxylic acid groups (broad SMARTS) is 1. The van der Waals surface area contributed by atoms with Crippen LogP contribution in [0.2, 0.25) is 10.0 Å². The first-order valence-electron chi connectivity index (χ1n) is 13.6. The minimum absolute atomic E-state index is 0.0121. The van der Waals surface area contributed by atoms with Crippen LogP contribution in [0.25, 0.3) is 0 Å². The predicted octanol–water partition coefficient (Wildman–Crippen LogP) is 4.64. The number of halogens is 2. The van der Waals surface area contributed by atoms with Crippen LogP contribution in [0, 0.1) is 23.2 Å². The zero-order valence-electron chi connectivity index (χ0n) is 22.1. The lowest BCUT2D eigenvalue weighted by Crippen LogP contribution is -2.58. The van der Waals surface area contributed by atoms with E-state index < -0.39 is 11.6 Å². The van der Waals surface area contributed by atoms with E-state index in [1.165, 1.54) is 0 Å². The Hall–Kier alpha value is -2.03. The number of nitrogens with zero attached hydrogens (tertiary/aromatic N) is 2. The fourth-order valence-electron chi connectivity index (χ4n) is 6.78. The third-order valence-corrected chi connectivity index (χ3v) is 10.3. The molecule has 3 aliphatic heterocycles. The molecule has 8 nitrogen and oxygen atoms in total. The average Bonchev–Trinajstić information content (AvgIpc) is 3.29. The summed E-state index contributed by atoms with van der Waals surface area (Å²) < 4.78 is 5.66. The normalized spacial score (nSPS) is 28.7. The van der Waals surface area contributed by atoms with E-state index in [0.717, 1.165) is 24.8 Å². The quantitative estimate of drug-likeness (QED) is 0.523. The largest absolute Gasteiger partial charge is 0.465 e. The summed E-state index contributed by atoms with van der Waals surface area (Å²) in [7, 11) is 0. The minimum atomic E-state index is -1.08. The van der Waals surface area contributed by atoms with Crippen molar-refractivity contribution in [2.45, 2.75) is 57.4 Å². The SMILES string of the molecule is CC1(C(=O)N2CCC(C(=O)N3C[C@H](c4ccc(Cl)c(Cl)c4)[C@@H](C(C)(NC(=O)O)[C@H]4CCOC4)C3)CC2)CC1. The Morgan fingerprint density at radius 1 is 1.08 bits per heavy atom. The van der Waals surface area contributed by atoms with Gasteiger partial charge in [-0.25, -0.2) is 4.79 Å². The van der Waals surface area contributed by atoms with Crippen LogP contribution in [0.4, 0.5) is 4.79 Å². The maximum absolute atomic E-state index is 13.8. The van der Waals surface area contributed by atoms with Gasteiger partial charge in [0.25, 0.3) is 0 Å². The van der Waals surface area contributed by atoms with Gasteiger partial charge in [0.1, 0.15) is 0 Å². The molecular weight excluding hydrogens is 529 g/mol. The van der Waals surface area contributed by atoms with Gasteiger partial charge < -0.3 is 25.0 Å². The standard InChI is InChI=1S/C28H37Cl2N3O5/c1-27(8-9-27)25(35)32-10-5-17(6-11-32)24(34)33-14-20(18-3-4-22(29)23(30)13-18)21(15-33)28(2,31-26(36)37)19-7-12-38-16-19/h3-4,13,17,19-21,31H,5-12,14-16H2,1-2H3,(H,36,37)/t19-,20+,21-,28?/m0/s1. The number of nitrogens with one attached hydrogen (secondary N) is 1. The Bertz CT molecular complexity index is 1100.